The first-order valence-electron chi connectivity index (χ1n) is 3.74. The number of nitrogens with two attached hydrogens (primary N) is 1. The van der Waals surface area contributed by atoms with E-state index in [-0.39, 0.29) is 0 Å². The Morgan fingerprint density at radius 3 is 2.38 bits per heavy atom. The number of anilines is 1. The highest BCUT2D eigenvalue weighted by atomic mass is 19.4. The molecule has 16 heavy (non-hydrogen) atoms. The Morgan fingerprint density at radius 1 is 1.38 bits per heavy atom. The zero-order valence-electron chi connectivity index (χ0n) is 7.42. The third kappa shape index (κ3) is 2.84. The Kier molecular flexibility index (Phi) is 3.06. The Bertz CT molecular complexity index is 393. The van der Waals surface area contributed by atoms with E-state index in [1.54, 1.807) is 0 Å². The van der Waals surface area contributed by atoms with Gasteiger partial charge in [-0.05, 0) is 6.07 Å². The van der Waals surface area contributed by atoms with Crippen molar-refractivity contribution in [1.82, 2.24) is 4.98 Å². The number of ether oxygens (including phenoxy) is 1. The second kappa shape index (κ2) is 3.99. The lowest BCUT2D eigenvalue weighted by molar-refractivity contribution is -0.276. The fourth-order valence-electron chi connectivity index (χ4n) is 0.862. The van der Waals surface area contributed by atoms with Crippen LogP contribution in [0, 0.1) is 0 Å². The summed E-state index contributed by atoms with van der Waals surface area (Å²) in [6.07, 6.45) is -8.45. The summed E-state index contributed by atoms with van der Waals surface area (Å²) in [4.78, 5) is 2.88. The normalized spacial score (nSPS) is 11.9. The fourth-order valence-corrected chi connectivity index (χ4v) is 0.862. The molecule has 90 valence electrons. The number of rotatable bonds is 2. The lowest BCUT2D eigenvalue weighted by atomic mass is 10.2. The molecule has 0 saturated heterocycles. The molecule has 0 saturated carbocycles. The van der Waals surface area contributed by atoms with Crippen molar-refractivity contribution in [3.8, 4) is 11.6 Å². The average Bonchev–Trinajstić information content (AvgIpc) is 2.07. The van der Waals surface area contributed by atoms with Gasteiger partial charge in [-0.1, -0.05) is 0 Å². The molecule has 1 aromatic rings. The van der Waals surface area contributed by atoms with Crippen LogP contribution in [0.1, 0.15) is 12.0 Å². The topological polar surface area (TPSA) is 68.4 Å². The zero-order valence-corrected chi connectivity index (χ0v) is 7.42. The summed E-state index contributed by atoms with van der Waals surface area (Å²) in [6, 6.07) is 0.369. The molecule has 0 radical (unpaired) electrons. The first-order valence-corrected chi connectivity index (χ1v) is 3.74. The summed E-state index contributed by atoms with van der Waals surface area (Å²) in [5, 5.41) is 8.91. The van der Waals surface area contributed by atoms with Gasteiger partial charge in [0.05, 0.1) is 5.56 Å². The number of aromatic hydroxyl groups is 1. The van der Waals surface area contributed by atoms with Gasteiger partial charge in [0.1, 0.15) is 0 Å². The average molecular weight is 244 g/mol. The van der Waals surface area contributed by atoms with Crippen LogP contribution in [0.25, 0.3) is 0 Å². The molecule has 0 fully saturated rings. The summed E-state index contributed by atoms with van der Waals surface area (Å²) in [5.41, 5.74) is 3.76. The van der Waals surface area contributed by atoms with E-state index in [4.69, 9.17) is 10.8 Å². The lowest BCUT2D eigenvalue weighted by Gasteiger charge is -2.12. The second-order valence-electron chi connectivity index (χ2n) is 2.64. The molecule has 1 rings (SSSR count). The third-order valence-electron chi connectivity index (χ3n) is 1.47. The molecule has 0 aliphatic carbocycles. The Labute approximate surface area is 85.5 Å². The zero-order chi connectivity index (χ0) is 12.5. The van der Waals surface area contributed by atoms with Crippen LogP contribution in [0.15, 0.2) is 6.07 Å². The number of nitrogen functional groups attached to an aromatic ring is 1. The van der Waals surface area contributed by atoms with Gasteiger partial charge in [0.15, 0.2) is 11.6 Å². The maximum atomic E-state index is 12.3. The van der Waals surface area contributed by atoms with Gasteiger partial charge in [-0.3, -0.25) is 0 Å². The molecule has 3 N–H and O–H groups in total. The molecule has 1 aromatic heterocycles. The number of halogens is 5. The number of nitrogens with zero attached hydrogens (tertiary/aromatic N) is 1. The fraction of sp³-hybridized carbons (Fsp3) is 0.286. The molecule has 9 heteroatoms. The van der Waals surface area contributed by atoms with Crippen molar-refractivity contribution < 1.29 is 31.8 Å². The standard InChI is InChI=1S/C7H5F5N2O2/c8-4(9)2-1-3(15)5(13)14-6(2)16-7(10,11)12/h1,4,15H,(H2,13,14). The van der Waals surface area contributed by atoms with Gasteiger partial charge >= 0.3 is 6.36 Å². The second-order valence-corrected chi connectivity index (χ2v) is 2.64. The third-order valence-corrected chi connectivity index (χ3v) is 1.47. The molecule has 0 bridgehead atoms. The van der Waals surface area contributed by atoms with Crippen molar-refractivity contribution in [2.45, 2.75) is 12.8 Å². The van der Waals surface area contributed by atoms with Gasteiger partial charge in [-0.15, -0.1) is 13.2 Å². The minimum absolute atomic E-state index is 0.369. The Balaban J connectivity index is 3.20. The maximum Gasteiger partial charge on any atom is 0.574 e. The van der Waals surface area contributed by atoms with Crippen LogP contribution < -0.4 is 10.5 Å². The molecule has 0 atom stereocenters. The van der Waals surface area contributed by atoms with Crippen molar-refractivity contribution in [2.24, 2.45) is 0 Å². The minimum Gasteiger partial charge on any atom is -0.504 e. The van der Waals surface area contributed by atoms with E-state index in [0.29, 0.717) is 6.07 Å². The highest BCUT2D eigenvalue weighted by Crippen LogP contribution is 2.35. The molecule has 1 heterocycles. The monoisotopic (exact) mass is 244 g/mol. The summed E-state index contributed by atoms with van der Waals surface area (Å²) in [5.74, 6) is -2.95. The van der Waals surface area contributed by atoms with Crippen molar-refractivity contribution in [2.75, 3.05) is 5.73 Å². The first-order chi connectivity index (χ1) is 7.20. The number of hydrogen-bond donors (Lipinski definition) is 2. The molecule has 0 spiro atoms. The summed E-state index contributed by atoms with van der Waals surface area (Å²) in [6.45, 7) is 0. The Morgan fingerprint density at radius 2 is 1.94 bits per heavy atom. The van der Waals surface area contributed by atoms with Crippen LogP contribution in [0.4, 0.5) is 27.8 Å². The number of hydrogen-bond acceptors (Lipinski definition) is 4. The SMILES string of the molecule is Nc1nc(OC(F)(F)F)c(C(F)F)cc1O. The molecular formula is C7H5F5N2O2. The van der Waals surface area contributed by atoms with Gasteiger partial charge in [-0.25, -0.2) is 8.78 Å². The highest BCUT2D eigenvalue weighted by Gasteiger charge is 2.34. The molecule has 4 nitrogen and oxygen atoms in total. The van der Waals surface area contributed by atoms with Crippen LogP contribution in [-0.4, -0.2) is 16.5 Å². The van der Waals surface area contributed by atoms with Gasteiger partial charge in [0, 0.05) is 0 Å². The summed E-state index contributed by atoms with van der Waals surface area (Å²) >= 11 is 0. The van der Waals surface area contributed by atoms with Crippen molar-refractivity contribution in [3.05, 3.63) is 11.6 Å². The van der Waals surface area contributed by atoms with Gasteiger partial charge < -0.3 is 15.6 Å². The smallest absolute Gasteiger partial charge is 0.504 e. The molecule has 0 unspecified atom stereocenters. The molecule has 0 aliphatic rings. The van der Waals surface area contributed by atoms with Crippen LogP contribution in [-0.2, 0) is 0 Å². The summed E-state index contributed by atoms with van der Waals surface area (Å²) in [7, 11) is 0. The lowest BCUT2D eigenvalue weighted by Crippen LogP contribution is -2.19. The largest absolute Gasteiger partial charge is 0.574 e. The maximum absolute atomic E-state index is 12.3. The van der Waals surface area contributed by atoms with E-state index in [0.717, 1.165) is 0 Å². The van der Waals surface area contributed by atoms with Crippen molar-refractivity contribution >= 4 is 5.82 Å². The number of pyridine rings is 1. The molecule has 0 amide bonds. The van der Waals surface area contributed by atoms with Crippen LogP contribution in [0.3, 0.4) is 0 Å². The van der Waals surface area contributed by atoms with E-state index in [2.05, 4.69) is 9.72 Å². The van der Waals surface area contributed by atoms with E-state index >= 15 is 0 Å². The van der Waals surface area contributed by atoms with Crippen LogP contribution in [0.5, 0.6) is 11.6 Å². The van der Waals surface area contributed by atoms with Gasteiger partial charge in [0.25, 0.3) is 6.43 Å². The molecule has 0 aliphatic heterocycles. The van der Waals surface area contributed by atoms with Crippen molar-refractivity contribution in [1.29, 1.82) is 0 Å². The first kappa shape index (κ1) is 12.3. The van der Waals surface area contributed by atoms with E-state index in [1.165, 1.54) is 0 Å². The highest BCUT2D eigenvalue weighted by molar-refractivity contribution is 5.50. The van der Waals surface area contributed by atoms with E-state index < -0.39 is 35.8 Å². The quantitative estimate of drug-likeness (QED) is 0.782. The molecule has 0 aromatic carbocycles. The van der Waals surface area contributed by atoms with Crippen LogP contribution >= 0.6 is 0 Å². The molecular weight excluding hydrogens is 239 g/mol. The predicted octanol–water partition coefficient (Wildman–Crippen LogP) is 2.21. The van der Waals surface area contributed by atoms with Gasteiger partial charge in [0.2, 0.25) is 5.88 Å². The Hall–Kier alpha value is -1.80. The van der Waals surface area contributed by atoms with Gasteiger partial charge in [-0.2, -0.15) is 4.98 Å². The number of alkyl halides is 5. The summed E-state index contributed by atoms with van der Waals surface area (Å²) < 4.78 is 63.2. The minimum atomic E-state index is -5.17. The van der Waals surface area contributed by atoms with E-state index in [9.17, 15) is 22.0 Å². The predicted molar refractivity (Wildman–Crippen MR) is 42.0 cm³/mol. The van der Waals surface area contributed by atoms with E-state index in [1.807, 2.05) is 0 Å². The number of aromatic nitrogens is 1. The van der Waals surface area contributed by atoms with Crippen LogP contribution in [0.2, 0.25) is 0 Å². The van der Waals surface area contributed by atoms with Crippen molar-refractivity contribution in [3.63, 3.8) is 0 Å².